The molecule has 1 aliphatic carbocycles. The third-order valence-electron chi connectivity index (χ3n) is 4.22. The van der Waals surface area contributed by atoms with E-state index in [1.807, 2.05) is 0 Å². The molecule has 98 valence electrons. The van der Waals surface area contributed by atoms with Crippen LogP contribution in [0.5, 0.6) is 0 Å². The summed E-state index contributed by atoms with van der Waals surface area (Å²) in [6.45, 7) is 5.06. The van der Waals surface area contributed by atoms with Crippen molar-refractivity contribution in [1.82, 2.24) is 5.32 Å². The highest BCUT2D eigenvalue weighted by Gasteiger charge is 2.23. The van der Waals surface area contributed by atoms with E-state index >= 15 is 0 Å². The maximum Gasteiger partial charge on any atom is 0.0480 e. The van der Waals surface area contributed by atoms with E-state index in [1.165, 1.54) is 24.0 Å². The number of hydrogen-bond acceptors (Lipinski definition) is 2. The molecule has 0 radical (unpaired) electrons. The highest BCUT2D eigenvalue weighted by atomic mass is 16.5. The van der Waals surface area contributed by atoms with Crippen LogP contribution in [0.4, 0.5) is 0 Å². The van der Waals surface area contributed by atoms with Crippen LogP contribution in [0.25, 0.3) is 0 Å². The van der Waals surface area contributed by atoms with E-state index in [1.54, 1.807) is 5.56 Å². The minimum atomic E-state index is 0.641. The van der Waals surface area contributed by atoms with E-state index in [-0.39, 0.29) is 0 Å². The van der Waals surface area contributed by atoms with Gasteiger partial charge in [0.2, 0.25) is 0 Å². The smallest absolute Gasteiger partial charge is 0.0480 e. The van der Waals surface area contributed by atoms with E-state index in [9.17, 15) is 0 Å². The normalized spacial score (nSPS) is 21.2. The van der Waals surface area contributed by atoms with Crippen molar-refractivity contribution >= 4 is 0 Å². The molecule has 1 saturated heterocycles. The molecule has 1 N–H and O–H groups in total. The lowest BCUT2D eigenvalue weighted by atomic mass is 10.0. The van der Waals surface area contributed by atoms with Crippen LogP contribution in [0.15, 0.2) is 18.2 Å². The van der Waals surface area contributed by atoms with Crippen LogP contribution in [-0.4, -0.2) is 19.3 Å². The first-order valence-electron chi connectivity index (χ1n) is 7.23. The van der Waals surface area contributed by atoms with Crippen LogP contribution in [-0.2, 0) is 11.3 Å². The van der Waals surface area contributed by atoms with Crippen molar-refractivity contribution in [2.24, 2.45) is 0 Å². The fraction of sp³-hybridized carbons (Fsp3) is 0.625. The van der Waals surface area contributed by atoms with Gasteiger partial charge in [-0.2, -0.15) is 0 Å². The molecule has 0 aromatic heterocycles. The molecule has 2 heteroatoms. The summed E-state index contributed by atoms with van der Waals surface area (Å²) >= 11 is 0. The van der Waals surface area contributed by atoms with E-state index < -0.39 is 0 Å². The predicted molar refractivity (Wildman–Crippen MR) is 73.8 cm³/mol. The van der Waals surface area contributed by atoms with Crippen LogP contribution in [0.3, 0.4) is 0 Å². The number of ether oxygens (including phenoxy) is 1. The van der Waals surface area contributed by atoms with Gasteiger partial charge in [-0.15, -0.1) is 0 Å². The second-order valence-electron chi connectivity index (χ2n) is 5.73. The van der Waals surface area contributed by atoms with Gasteiger partial charge >= 0.3 is 0 Å². The molecule has 0 amide bonds. The minimum absolute atomic E-state index is 0.641. The zero-order valence-corrected chi connectivity index (χ0v) is 11.2. The van der Waals surface area contributed by atoms with Crippen molar-refractivity contribution < 1.29 is 4.74 Å². The Kier molecular flexibility index (Phi) is 3.67. The van der Waals surface area contributed by atoms with Crippen molar-refractivity contribution in [2.75, 3.05) is 13.2 Å². The molecule has 18 heavy (non-hydrogen) atoms. The highest BCUT2D eigenvalue weighted by molar-refractivity contribution is 5.34. The number of benzene rings is 1. The average Bonchev–Trinajstić information content (AvgIpc) is 3.23. The number of rotatable bonds is 4. The van der Waals surface area contributed by atoms with Crippen LogP contribution in [0.2, 0.25) is 0 Å². The van der Waals surface area contributed by atoms with E-state index in [0.29, 0.717) is 6.04 Å². The fourth-order valence-electron chi connectivity index (χ4n) is 2.71. The summed E-state index contributed by atoms with van der Waals surface area (Å²) in [7, 11) is 0. The molecule has 0 atom stereocenters. The molecule has 1 saturated carbocycles. The first-order valence-corrected chi connectivity index (χ1v) is 7.23. The highest BCUT2D eigenvalue weighted by Crippen LogP contribution is 2.40. The third kappa shape index (κ3) is 2.93. The Bertz CT molecular complexity index is 406. The Balaban J connectivity index is 1.61. The van der Waals surface area contributed by atoms with Crippen molar-refractivity contribution in [3.8, 4) is 0 Å². The van der Waals surface area contributed by atoms with Gasteiger partial charge < -0.3 is 10.1 Å². The standard InChI is InChI=1S/C16H23NO/c1-12-2-3-14(13-4-5-13)10-15(12)11-17-16-6-8-18-9-7-16/h2-3,10,13,16-17H,4-9,11H2,1H3. The largest absolute Gasteiger partial charge is 0.381 e. The lowest BCUT2D eigenvalue weighted by molar-refractivity contribution is 0.0776. The second-order valence-corrected chi connectivity index (χ2v) is 5.73. The van der Waals surface area contributed by atoms with Gasteiger partial charge in [-0.3, -0.25) is 0 Å². The Morgan fingerprint density at radius 3 is 2.67 bits per heavy atom. The molecular weight excluding hydrogens is 222 g/mol. The Morgan fingerprint density at radius 1 is 1.17 bits per heavy atom. The maximum absolute atomic E-state index is 5.39. The molecule has 1 heterocycles. The Hall–Kier alpha value is -0.860. The van der Waals surface area contributed by atoms with Gasteiger partial charge in [0.05, 0.1) is 0 Å². The Labute approximate surface area is 110 Å². The van der Waals surface area contributed by atoms with E-state index in [4.69, 9.17) is 4.74 Å². The summed E-state index contributed by atoms with van der Waals surface area (Å²) in [5.74, 6) is 0.854. The molecule has 3 rings (SSSR count). The summed E-state index contributed by atoms with van der Waals surface area (Å²) in [5, 5.41) is 3.69. The SMILES string of the molecule is Cc1ccc(C2CC2)cc1CNC1CCOCC1. The molecule has 0 unspecified atom stereocenters. The van der Waals surface area contributed by atoms with Gasteiger partial charge in [-0.05, 0) is 55.2 Å². The summed E-state index contributed by atoms with van der Waals surface area (Å²) in [6.07, 6.45) is 5.08. The topological polar surface area (TPSA) is 21.3 Å². The lowest BCUT2D eigenvalue weighted by Gasteiger charge is -2.23. The van der Waals surface area contributed by atoms with E-state index in [0.717, 1.165) is 38.5 Å². The number of nitrogens with one attached hydrogen (secondary N) is 1. The molecule has 1 aliphatic heterocycles. The molecule has 1 aromatic rings. The molecule has 2 nitrogen and oxygen atoms in total. The molecule has 1 aromatic carbocycles. The predicted octanol–water partition coefficient (Wildman–Crippen LogP) is 3.14. The van der Waals surface area contributed by atoms with Crippen LogP contribution in [0, 0.1) is 6.92 Å². The number of hydrogen-bond donors (Lipinski definition) is 1. The van der Waals surface area contributed by atoms with Gasteiger partial charge in [0.1, 0.15) is 0 Å². The van der Waals surface area contributed by atoms with Crippen LogP contribution >= 0.6 is 0 Å². The molecule has 2 aliphatic rings. The van der Waals surface area contributed by atoms with Gasteiger partial charge in [0.25, 0.3) is 0 Å². The van der Waals surface area contributed by atoms with Gasteiger partial charge in [0, 0.05) is 25.8 Å². The van der Waals surface area contributed by atoms with Crippen LogP contribution < -0.4 is 5.32 Å². The summed E-state index contributed by atoms with van der Waals surface area (Å²) in [4.78, 5) is 0. The van der Waals surface area contributed by atoms with Gasteiger partial charge in [-0.25, -0.2) is 0 Å². The summed E-state index contributed by atoms with van der Waals surface area (Å²) < 4.78 is 5.39. The third-order valence-corrected chi connectivity index (χ3v) is 4.22. The molecule has 0 bridgehead atoms. The first-order chi connectivity index (χ1) is 8.83. The van der Waals surface area contributed by atoms with E-state index in [2.05, 4.69) is 30.4 Å². The number of aryl methyl sites for hydroxylation is 1. The summed E-state index contributed by atoms with van der Waals surface area (Å²) in [5.41, 5.74) is 4.44. The van der Waals surface area contributed by atoms with Gasteiger partial charge in [0.15, 0.2) is 0 Å². The van der Waals surface area contributed by atoms with Crippen molar-refractivity contribution in [2.45, 2.75) is 51.1 Å². The summed E-state index contributed by atoms with van der Waals surface area (Å²) in [6, 6.07) is 7.65. The zero-order chi connectivity index (χ0) is 12.4. The van der Waals surface area contributed by atoms with Crippen LogP contribution in [0.1, 0.15) is 48.3 Å². The average molecular weight is 245 g/mol. The maximum atomic E-state index is 5.39. The zero-order valence-electron chi connectivity index (χ0n) is 11.2. The minimum Gasteiger partial charge on any atom is -0.381 e. The quantitative estimate of drug-likeness (QED) is 0.880. The monoisotopic (exact) mass is 245 g/mol. The first kappa shape index (κ1) is 12.2. The Morgan fingerprint density at radius 2 is 1.94 bits per heavy atom. The van der Waals surface area contributed by atoms with Crippen molar-refractivity contribution in [1.29, 1.82) is 0 Å². The second kappa shape index (κ2) is 5.41. The van der Waals surface area contributed by atoms with Crippen molar-refractivity contribution in [3.63, 3.8) is 0 Å². The van der Waals surface area contributed by atoms with Crippen molar-refractivity contribution in [3.05, 3.63) is 34.9 Å². The molecule has 2 fully saturated rings. The lowest BCUT2D eigenvalue weighted by Crippen LogP contribution is -2.34. The molecule has 0 spiro atoms. The van der Waals surface area contributed by atoms with Gasteiger partial charge in [-0.1, -0.05) is 18.2 Å². The molecular formula is C16H23NO. The fourth-order valence-corrected chi connectivity index (χ4v) is 2.71.